The van der Waals surface area contributed by atoms with Crippen molar-refractivity contribution in [2.45, 2.75) is 40.7 Å². The predicted octanol–water partition coefficient (Wildman–Crippen LogP) is 2.14. The largest absolute Gasteiger partial charge is 0.508 e. The lowest BCUT2D eigenvalue weighted by molar-refractivity contribution is -0.162. The van der Waals surface area contributed by atoms with Gasteiger partial charge in [0.15, 0.2) is 6.10 Å². The second-order valence-electron chi connectivity index (χ2n) is 5.77. The SMILES string of the molecule is CC(C)(C)C(C)(C)C(=O)OCC1COC(=O)O1. The smallest absolute Gasteiger partial charge is 0.461 e. The van der Waals surface area contributed by atoms with E-state index in [1.807, 2.05) is 34.6 Å². The number of ether oxygens (including phenoxy) is 3. The van der Waals surface area contributed by atoms with E-state index >= 15 is 0 Å². The third kappa shape index (κ3) is 3.11. The highest BCUT2D eigenvalue weighted by Gasteiger charge is 2.41. The van der Waals surface area contributed by atoms with E-state index in [-0.39, 0.29) is 24.6 Å². The Hall–Kier alpha value is -1.26. The van der Waals surface area contributed by atoms with Gasteiger partial charge in [0.25, 0.3) is 0 Å². The van der Waals surface area contributed by atoms with Crippen LogP contribution in [0.4, 0.5) is 4.79 Å². The van der Waals surface area contributed by atoms with Gasteiger partial charge in [-0.2, -0.15) is 0 Å². The molecule has 5 heteroatoms. The second-order valence-corrected chi connectivity index (χ2v) is 5.77. The van der Waals surface area contributed by atoms with Crippen LogP contribution in [-0.2, 0) is 19.0 Å². The monoisotopic (exact) mass is 244 g/mol. The van der Waals surface area contributed by atoms with E-state index in [1.54, 1.807) is 0 Å². The van der Waals surface area contributed by atoms with Crippen molar-refractivity contribution in [1.29, 1.82) is 0 Å². The van der Waals surface area contributed by atoms with E-state index in [1.165, 1.54) is 0 Å². The van der Waals surface area contributed by atoms with Crippen molar-refractivity contribution in [3.05, 3.63) is 0 Å². The number of hydrogen-bond acceptors (Lipinski definition) is 5. The maximum atomic E-state index is 11.9. The molecule has 0 aromatic rings. The fourth-order valence-electron chi connectivity index (χ4n) is 1.10. The van der Waals surface area contributed by atoms with Gasteiger partial charge in [-0.25, -0.2) is 4.79 Å². The minimum atomic E-state index is -0.707. The number of esters is 1. The Bertz CT molecular complexity index is 313. The van der Waals surface area contributed by atoms with Crippen molar-refractivity contribution < 1.29 is 23.8 Å². The molecular weight excluding hydrogens is 224 g/mol. The zero-order valence-electron chi connectivity index (χ0n) is 11.0. The van der Waals surface area contributed by atoms with Crippen LogP contribution >= 0.6 is 0 Å². The first kappa shape index (κ1) is 13.8. The molecule has 1 saturated heterocycles. The van der Waals surface area contributed by atoms with Crippen LogP contribution in [0.25, 0.3) is 0 Å². The molecule has 1 fully saturated rings. The summed E-state index contributed by atoms with van der Waals surface area (Å²) in [6.07, 6.45) is -1.19. The number of rotatable bonds is 3. The Morgan fingerprint density at radius 1 is 1.35 bits per heavy atom. The van der Waals surface area contributed by atoms with Gasteiger partial charge in [0.1, 0.15) is 13.2 Å². The van der Waals surface area contributed by atoms with Gasteiger partial charge in [0.05, 0.1) is 5.41 Å². The Kier molecular flexibility index (Phi) is 3.69. The Morgan fingerprint density at radius 2 is 1.94 bits per heavy atom. The van der Waals surface area contributed by atoms with Crippen molar-refractivity contribution in [1.82, 2.24) is 0 Å². The van der Waals surface area contributed by atoms with E-state index in [0.29, 0.717) is 0 Å². The summed E-state index contributed by atoms with van der Waals surface area (Å²) in [5.41, 5.74) is -0.802. The van der Waals surface area contributed by atoms with Crippen LogP contribution < -0.4 is 0 Å². The standard InChI is InChI=1S/C12H20O5/c1-11(2,3)12(4,5)9(13)15-6-8-7-16-10(14)17-8/h8H,6-7H2,1-5H3. The van der Waals surface area contributed by atoms with Crippen molar-refractivity contribution in [3.8, 4) is 0 Å². The average Bonchev–Trinajstić information content (AvgIpc) is 2.58. The van der Waals surface area contributed by atoms with Gasteiger partial charge in [0, 0.05) is 0 Å². The van der Waals surface area contributed by atoms with Crippen LogP contribution in [-0.4, -0.2) is 31.4 Å². The molecule has 0 bridgehead atoms. The summed E-state index contributed by atoms with van der Waals surface area (Å²) in [5.74, 6) is -0.298. The van der Waals surface area contributed by atoms with Gasteiger partial charge in [-0.3, -0.25) is 4.79 Å². The molecule has 0 aromatic heterocycles. The van der Waals surface area contributed by atoms with Crippen LogP contribution in [0.15, 0.2) is 0 Å². The minimum absolute atomic E-state index is 0.0457. The number of carbonyl (C=O) groups excluding carboxylic acids is 2. The normalized spacial score (nSPS) is 20.8. The highest BCUT2D eigenvalue weighted by Crippen LogP contribution is 2.38. The lowest BCUT2D eigenvalue weighted by Crippen LogP contribution is -2.40. The lowest BCUT2D eigenvalue weighted by Gasteiger charge is -2.36. The first-order valence-electron chi connectivity index (χ1n) is 5.65. The van der Waals surface area contributed by atoms with Crippen LogP contribution in [0.1, 0.15) is 34.6 Å². The van der Waals surface area contributed by atoms with Crippen molar-refractivity contribution >= 4 is 12.1 Å². The molecule has 0 aliphatic carbocycles. The summed E-state index contributed by atoms with van der Waals surface area (Å²) in [6, 6.07) is 0. The van der Waals surface area contributed by atoms with Gasteiger partial charge < -0.3 is 14.2 Å². The molecule has 0 spiro atoms. The molecule has 17 heavy (non-hydrogen) atoms. The summed E-state index contributed by atoms with van der Waals surface area (Å²) in [6.45, 7) is 9.80. The van der Waals surface area contributed by atoms with Gasteiger partial charge in [0.2, 0.25) is 0 Å². The van der Waals surface area contributed by atoms with E-state index in [9.17, 15) is 9.59 Å². The maximum Gasteiger partial charge on any atom is 0.508 e. The van der Waals surface area contributed by atoms with Gasteiger partial charge in [-0.15, -0.1) is 0 Å². The van der Waals surface area contributed by atoms with E-state index in [4.69, 9.17) is 9.47 Å². The number of hydrogen-bond donors (Lipinski definition) is 0. The summed E-state index contributed by atoms with van der Waals surface area (Å²) < 4.78 is 14.5. The van der Waals surface area contributed by atoms with Crippen molar-refractivity contribution in [2.75, 3.05) is 13.2 Å². The topological polar surface area (TPSA) is 61.8 Å². The molecule has 1 heterocycles. The molecule has 1 atom stereocenters. The predicted molar refractivity (Wildman–Crippen MR) is 60.4 cm³/mol. The maximum absolute atomic E-state index is 11.9. The first-order chi connectivity index (χ1) is 7.64. The Morgan fingerprint density at radius 3 is 2.35 bits per heavy atom. The second kappa shape index (κ2) is 4.55. The summed E-state index contributed by atoms with van der Waals surface area (Å²) in [7, 11) is 0. The molecule has 1 unspecified atom stereocenters. The first-order valence-corrected chi connectivity index (χ1v) is 5.65. The summed E-state index contributed by atoms with van der Waals surface area (Å²) in [4.78, 5) is 22.6. The number of carbonyl (C=O) groups is 2. The average molecular weight is 244 g/mol. The third-order valence-electron chi connectivity index (χ3n) is 3.44. The van der Waals surface area contributed by atoms with E-state index in [0.717, 1.165) is 0 Å². The molecule has 0 N–H and O–H groups in total. The minimum Gasteiger partial charge on any atom is -0.461 e. The van der Waals surface area contributed by atoms with Crippen LogP contribution in [0.3, 0.4) is 0 Å². The Labute approximate surface area is 101 Å². The Balaban J connectivity index is 2.47. The van der Waals surface area contributed by atoms with Gasteiger partial charge in [-0.1, -0.05) is 20.8 Å². The summed E-state index contributed by atoms with van der Waals surface area (Å²) in [5, 5.41) is 0. The molecule has 0 radical (unpaired) electrons. The molecule has 0 aromatic carbocycles. The van der Waals surface area contributed by atoms with Gasteiger partial charge >= 0.3 is 12.1 Å². The zero-order chi connectivity index (χ0) is 13.3. The van der Waals surface area contributed by atoms with Crippen LogP contribution in [0.2, 0.25) is 0 Å². The fraction of sp³-hybridized carbons (Fsp3) is 0.833. The molecule has 1 aliphatic rings. The molecule has 0 amide bonds. The highest BCUT2D eigenvalue weighted by molar-refractivity contribution is 5.76. The molecule has 5 nitrogen and oxygen atoms in total. The van der Waals surface area contributed by atoms with Crippen LogP contribution in [0.5, 0.6) is 0 Å². The zero-order valence-corrected chi connectivity index (χ0v) is 11.0. The van der Waals surface area contributed by atoms with E-state index < -0.39 is 17.7 Å². The van der Waals surface area contributed by atoms with Crippen LogP contribution in [0, 0.1) is 10.8 Å². The van der Waals surface area contributed by atoms with Gasteiger partial charge in [-0.05, 0) is 19.3 Å². The summed E-state index contributed by atoms with van der Waals surface area (Å²) >= 11 is 0. The lowest BCUT2D eigenvalue weighted by atomic mass is 9.69. The highest BCUT2D eigenvalue weighted by atomic mass is 16.8. The molecule has 98 valence electrons. The molecule has 1 aliphatic heterocycles. The number of cyclic esters (lactones) is 2. The third-order valence-corrected chi connectivity index (χ3v) is 3.44. The molecular formula is C12H20O5. The van der Waals surface area contributed by atoms with Crippen molar-refractivity contribution in [3.63, 3.8) is 0 Å². The quantitative estimate of drug-likeness (QED) is 0.712. The van der Waals surface area contributed by atoms with Crippen molar-refractivity contribution in [2.24, 2.45) is 10.8 Å². The van der Waals surface area contributed by atoms with E-state index in [2.05, 4.69) is 4.74 Å². The molecule has 1 rings (SSSR count). The molecule has 0 saturated carbocycles. The fourth-order valence-corrected chi connectivity index (χ4v) is 1.10.